The van der Waals surface area contributed by atoms with Crippen LogP contribution in [0.4, 0.5) is 17.3 Å². The van der Waals surface area contributed by atoms with Crippen molar-refractivity contribution >= 4 is 35.2 Å². The largest absolute Gasteiger partial charge is 0.415 e. The minimum atomic E-state index is -0.582. The van der Waals surface area contributed by atoms with Crippen molar-refractivity contribution in [3.8, 4) is 11.3 Å². The van der Waals surface area contributed by atoms with Crippen molar-refractivity contribution in [1.29, 1.82) is 0 Å². The first-order chi connectivity index (χ1) is 25.0. The normalized spacial score (nSPS) is 14.6. The molecule has 0 aliphatic carbocycles. The number of benzene rings is 2. The maximum absolute atomic E-state index is 13.2. The van der Waals surface area contributed by atoms with E-state index in [1.54, 1.807) is 10.8 Å². The first-order valence-corrected chi connectivity index (χ1v) is 18.0. The highest BCUT2D eigenvalue weighted by Gasteiger charge is 2.32. The number of carbonyl (C=O) groups excluding carboxylic acids is 3. The molecule has 3 heterocycles. The zero-order valence-electron chi connectivity index (χ0n) is 32.2. The summed E-state index contributed by atoms with van der Waals surface area (Å²) in [6.07, 6.45) is 5.38. The summed E-state index contributed by atoms with van der Waals surface area (Å²) in [6, 6.07) is 19.0. The number of carbonyl (C=O) groups is 3. The van der Waals surface area contributed by atoms with E-state index in [2.05, 4.69) is 27.6 Å². The number of aromatic nitrogens is 3. The van der Waals surface area contributed by atoms with Crippen LogP contribution in [-0.2, 0) is 32.3 Å². The third-order valence-corrected chi connectivity index (χ3v) is 9.16. The molecule has 5 rings (SSSR count). The molecule has 2 N–H and O–H groups in total. The number of ether oxygens (including phenoxy) is 2. The van der Waals surface area contributed by atoms with Crippen LogP contribution in [0.15, 0.2) is 79.3 Å². The number of anilines is 3. The van der Waals surface area contributed by atoms with Crippen LogP contribution in [0.5, 0.6) is 0 Å². The van der Waals surface area contributed by atoms with E-state index in [1.165, 1.54) is 0 Å². The van der Waals surface area contributed by atoms with Gasteiger partial charge in [-0.05, 0) is 96.0 Å². The number of quaternary nitrogens is 1. The van der Waals surface area contributed by atoms with E-state index in [-0.39, 0.29) is 24.6 Å². The summed E-state index contributed by atoms with van der Waals surface area (Å²) in [7, 11) is 2.14. The molecule has 0 unspecified atom stereocenters. The second kappa shape index (κ2) is 16.2. The van der Waals surface area contributed by atoms with Gasteiger partial charge in [-0.3, -0.25) is 23.8 Å². The zero-order valence-corrected chi connectivity index (χ0v) is 32.2. The molecule has 53 heavy (non-hydrogen) atoms. The molecule has 0 bridgehead atoms. The van der Waals surface area contributed by atoms with E-state index in [0.717, 1.165) is 55.1 Å². The molecule has 0 radical (unpaired) electrons. The van der Waals surface area contributed by atoms with E-state index >= 15 is 0 Å². The van der Waals surface area contributed by atoms with Gasteiger partial charge in [-0.2, -0.15) is 4.57 Å². The predicted molar refractivity (Wildman–Crippen MR) is 204 cm³/mol. The fourth-order valence-electron chi connectivity index (χ4n) is 5.57. The van der Waals surface area contributed by atoms with Gasteiger partial charge in [-0.15, -0.1) is 0 Å². The highest BCUT2D eigenvalue weighted by molar-refractivity contribution is 6.04. The first kappa shape index (κ1) is 39.0. The SMILES string of the molecule is Cc1ccc(NC(=O)c2ccc(CN3CC[N+](C)(COC(=O)C(C)(C)C)CC3)cc2)cc1Nc1nccc(-c2ccc[n+](COC(=O)C(C)(C)C)c2)n1. The van der Waals surface area contributed by atoms with Crippen LogP contribution < -0.4 is 15.2 Å². The number of nitrogens with one attached hydrogen (secondary N) is 2. The van der Waals surface area contributed by atoms with Gasteiger partial charge in [0.1, 0.15) is 0 Å². The Hall–Kier alpha value is -5.20. The number of piperazine rings is 1. The minimum Gasteiger partial charge on any atom is -0.415 e. The Bertz CT molecular complexity index is 1920. The van der Waals surface area contributed by atoms with Crippen molar-refractivity contribution in [3.05, 3.63) is 95.9 Å². The highest BCUT2D eigenvalue weighted by Crippen LogP contribution is 2.25. The van der Waals surface area contributed by atoms with Crippen LogP contribution in [0.2, 0.25) is 0 Å². The maximum atomic E-state index is 13.2. The number of amides is 1. The fourth-order valence-corrected chi connectivity index (χ4v) is 5.57. The van der Waals surface area contributed by atoms with Crippen LogP contribution >= 0.6 is 0 Å². The van der Waals surface area contributed by atoms with Gasteiger partial charge in [0.15, 0.2) is 12.4 Å². The van der Waals surface area contributed by atoms with Crippen LogP contribution in [0.3, 0.4) is 0 Å². The Labute approximate surface area is 312 Å². The van der Waals surface area contributed by atoms with E-state index in [0.29, 0.717) is 34.1 Å². The molecule has 0 saturated carbocycles. The van der Waals surface area contributed by atoms with Crippen LogP contribution in [-0.4, -0.2) is 77.2 Å². The lowest BCUT2D eigenvalue weighted by molar-refractivity contribution is -0.929. The number of nitrogens with zero attached hydrogens (tertiary/aromatic N) is 5. The second-order valence-electron chi connectivity index (χ2n) is 16.1. The number of aryl methyl sites for hydroxylation is 1. The summed E-state index contributed by atoms with van der Waals surface area (Å²) in [6.45, 7) is 17.9. The number of hydrogen-bond donors (Lipinski definition) is 2. The summed E-state index contributed by atoms with van der Waals surface area (Å²) in [5, 5.41) is 6.32. The Kier molecular flexibility index (Phi) is 11.9. The summed E-state index contributed by atoms with van der Waals surface area (Å²) < 4.78 is 13.6. The molecule has 0 atom stereocenters. The molecule has 1 saturated heterocycles. The summed E-state index contributed by atoms with van der Waals surface area (Å²) in [5.41, 5.74) is 4.51. The average molecular weight is 724 g/mol. The van der Waals surface area contributed by atoms with Gasteiger partial charge < -0.3 is 20.1 Å². The van der Waals surface area contributed by atoms with Crippen molar-refractivity contribution in [2.45, 2.75) is 61.7 Å². The summed E-state index contributed by atoms with van der Waals surface area (Å²) in [4.78, 5) is 49.2. The van der Waals surface area contributed by atoms with Crippen LogP contribution in [0, 0.1) is 17.8 Å². The van der Waals surface area contributed by atoms with Gasteiger partial charge >= 0.3 is 11.9 Å². The monoisotopic (exact) mass is 723 g/mol. The van der Waals surface area contributed by atoms with Crippen molar-refractivity contribution in [2.24, 2.45) is 10.8 Å². The van der Waals surface area contributed by atoms with E-state index in [4.69, 9.17) is 14.5 Å². The zero-order chi connectivity index (χ0) is 38.4. The lowest BCUT2D eigenvalue weighted by atomic mass is 9.97. The minimum absolute atomic E-state index is 0.0972. The van der Waals surface area contributed by atoms with Crippen molar-refractivity contribution in [3.63, 3.8) is 0 Å². The Balaban J connectivity index is 1.15. The molecule has 2 aromatic heterocycles. The third kappa shape index (κ3) is 10.9. The predicted octanol–water partition coefficient (Wildman–Crippen LogP) is 6.09. The van der Waals surface area contributed by atoms with Crippen LogP contribution in [0.1, 0.15) is 63.0 Å². The fraction of sp³-hybridized carbons (Fsp3) is 0.415. The first-order valence-electron chi connectivity index (χ1n) is 18.0. The van der Waals surface area contributed by atoms with Gasteiger partial charge in [0.05, 0.1) is 42.2 Å². The number of esters is 2. The van der Waals surface area contributed by atoms with Crippen molar-refractivity contribution in [2.75, 3.05) is 50.6 Å². The molecule has 1 amide bonds. The van der Waals surface area contributed by atoms with Crippen molar-refractivity contribution < 1.29 is 32.9 Å². The van der Waals surface area contributed by atoms with E-state index in [9.17, 15) is 14.4 Å². The Morgan fingerprint density at radius 2 is 1.58 bits per heavy atom. The smallest absolute Gasteiger partial charge is 0.316 e. The molecule has 12 heteroatoms. The molecule has 1 aliphatic heterocycles. The molecule has 1 aliphatic rings. The van der Waals surface area contributed by atoms with Crippen molar-refractivity contribution in [1.82, 2.24) is 14.9 Å². The molecule has 280 valence electrons. The Morgan fingerprint density at radius 3 is 2.26 bits per heavy atom. The number of likely N-dealkylation sites (N-methyl/N-ethyl adjacent to an activating group) is 1. The molecule has 12 nitrogen and oxygen atoms in total. The summed E-state index contributed by atoms with van der Waals surface area (Å²) in [5.74, 6) is -0.245. The standard InChI is InChI=1S/C41H52N7O5/c1-29-11-16-33(24-35(29)45-39-42-18-17-34(44-39)32-10-9-19-47(26-32)27-52-37(50)40(2,3)4)43-36(49)31-14-12-30(13-15-31)25-46-20-22-48(8,23-21-46)28-53-38(51)41(5,6)7/h9-19,24,26H,20-23,25,27-28H2,1-8H3,(H-,42,43,44,45,49)/q+1/p+1. The topological polar surface area (TPSA) is 127 Å². The lowest BCUT2D eigenvalue weighted by Gasteiger charge is -2.41. The van der Waals surface area contributed by atoms with Gasteiger partial charge in [0.2, 0.25) is 12.7 Å². The van der Waals surface area contributed by atoms with Gasteiger partial charge in [-0.25, -0.2) is 9.97 Å². The molecular formula is C41H53N7O5+2. The molecule has 2 aromatic carbocycles. The summed E-state index contributed by atoms with van der Waals surface area (Å²) >= 11 is 0. The van der Waals surface area contributed by atoms with Gasteiger partial charge in [0, 0.05) is 48.8 Å². The quantitative estimate of drug-likeness (QED) is 0.107. The number of hydrogen-bond acceptors (Lipinski definition) is 9. The van der Waals surface area contributed by atoms with Gasteiger partial charge in [0.25, 0.3) is 12.6 Å². The molecule has 4 aromatic rings. The molecule has 0 spiro atoms. The lowest BCUT2D eigenvalue weighted by Crippen LogP contribution is -2.58. The average Bonchev–Trinajstić information content (AvgIpc) is 3.12. The Morgan fingerprint density at radius 1 is 0.906 bits per heavy atom. The molecule has 1 fully saturated rings. The highest BCUT2D eigenvalue weighted by atomic mass is 16.6. The number of pyridine rings is 1. The van der Waals surface area contributed by atoms with Gasteiger partial charge in [-0.1, -0.05) is 18.2 Å². The maximum Gasteiger partial charge on any atom is 0.316 e. The third-order valence-electron chi connectivity index (χ3n) is 9.16. The van der Waals surface area contributed by atoms with E-state index in [1.807, 2.05) is 122 Å². The molecular weight excluding hydrogens is 670 g/mol. The van der Waals surface area contributed by atoms with Crippen LogP contribution in [0.25, 0.3) is 11.3 Å². The van der Waals surface area contributed by atoms with E-state index < -0.39 is 10.8 Å². The number of rotatable bonds is 11. The second-order valence-corrected chi connectivity index (χ2v) is 16.1.